The highest BCUT2D eigenvalue weighted by Crippen LogP contribution is 2.37. The number of pyridine rings is 1. The van der Waals surface area contributed by atoms with Crippen LogP contribution in [0, 0.1) is 11.8 Å². The van der Waals surface area contributed by atoms with E-state index in [1.54, 1.807) is 17.3 Å². The van der Waals surface area contributed by atoms with E-state index < -0.39 is 6.04 Å². The van der Waals surface area contributed by atoms with Gasteiger partial charge in [0.1, 0.15) is 6.04 Å². The Kier molecular flexibility index (Phi) is 4.12. The fraction of sp³-hybridized carbons (Fsp3) is 0.611. The van der Waals surface area contributed by atoms with Gasteiger partial charge in [-0.25, -0.2) is 4.79 Å². The molecule has 1 N–H and O–H groups in total. The summed E-state index contributed by atoms with van der Waals surface area (Å²) in [5.41, 5.74) is 0.803. The van der Waals surface area contributed by atoms with Gasteiger partial charge >= 0.3 is 6.03 Å². The maximum atomic E-state index is 12.7. The van der Waals surface area contributed by atoms with E-state index in [0.29, 0.717) is 24.8 Å². The number of nitrogens with zero attached hydrogens (tertiary/aromatic N) is 3. The van der Waals surface area contributed by atoms with Crippen LogP contribution in [0.5, 0.6) is 0 Å². The van der Waals surface area contributed by atoms with E-state index >= 15 is 0 Å². The molecule has 24 heavy (non-hydrogen) atoms. The number of urea groups is 1. The van der Waals surface area contributed by atoms with E-state index in [2.05, 4.69) is 10.3 Å². The molecule has 0 aromatic carbocycles. The largest absolute Gasteiger partial charge is 0.326 e. The fourth-order valence-electron chi connectivity index (χ4n) is 4.42. The maximum absolute atomic E-state index is 12.7. The van der Waals surface area contributed by atoms with Gasteiger partial charge in [-0.15, -0.1) is 0 Å². The van der Waals surface area contributed by atoms with Crippen molar-refractivity contribution >= 4 is 17.6 Å². The molecule has 1 saturated carbocycles. The van der Waals surface area contributed by atoms with Crippen molar-refractivity contribution in [3.8, 4) is 0 Å². The average Bonchev–Trinajstić information content (AvgIpc) is 3.19. The van der Waals surface area contributed by atoms with E-state index in [1.807, 2.05) is 17.0 Å². The third-order valence-corrected chi connectivity index (χ3v) is 5.71. The van der Waals surface area contributed by atoms with Crippen LogP contribution < -0.4 is 10.2 Å². The smallest absolute Gasteiger partial charge is 0.318 e. The first-order chi connectivity index (χ1) is 11.7. The summed E-state index contributed by atoms with van der Waals surface area (Å²) in [5, 5.41) is 2.97. The molecule has 3 heterocycles. The van der Waals surface area contributed by atoms with E-state index in [0.717, 1.165) is 25.2 Å². The van der Waals surface area contributed by atoms with Gasteiger partial charge in [0.2, 0.25) is 5.91 Å². The summed E-state index contributed by atoms with van der Waals surface area (Å²) in [7, 11) is 0. The van der Waals surface area contributed by atoms with Crippen LogP contribution in [0.1, 0.15) is 32.1 Å². The molecule has 1 aromatic rings. The van der Waals surface area contributed by atoms with E-state index in [4.69, 9.17) is 0 Å². The quantitative estimate of drug-likeness (QED) is 0.903. The SMILES string of the molecule is O=C(N[C@@H]1CCCN(c2cccnc2)C1=O)N1C[C@H]2CCC[C@H]2C1. The standard InChI is InChI=1S/C18H24N4O2/c23-17-16(7-3-9-22(17)15-6-2-8-19-10-15)20-18(24)21-11-13-4-1-5-14(13)12-21/h2,6,8,10,13-14,16H,1,3-5,7,9,11-12H2,(H,20,24)/t13-,14+,16-/m1/s1. The van der Waals surface area contributed by atoms with Gasteiger partial charge in [0.25, 0.3) is 0 Å². The van der Waals surface area contributed by atoms with Crippen molar-refractivity contribution in [2.75, 3.05) is 24.5 Å². The van der Waals surface area contributed by atoms with Gasteiger partial charge in [0.15, 0.2) is 0 Å². The summed E-state index contributed by atoms with van der Waals surface area (Å²) in [5.74, 6) is 1.32. The number of piperidine rings is 1. The van der Waals surface area contributed by atoms with Crippen molar-refractivity contribution in [1.82, 2.24) is 15.2 Å². The molecule has 0 unspecified atom stereocenters. The Bertz CT molecular complexity index is 609. The number of nitrogens with one attached hydrogen (secondary N) is 1. The van der Waals surface area contributed by atoms with Crippen LogP contribution >= 0.6 is 0 Å². The lowest BCUT2D eigenvalue weighted by Crippen LogP contribution is -2.55. The van der Waals surface area contributed by atoms with Crippen LogP contribution in [0.2, 0.25) is 0 Å². The predicted octanol–water partition coefficient (Wildman–Crippen LogP) is 2.02. The molecule has 2 aliphatic heterocycles. The number of amides is 3. The topological polar surface area (TPSA) is 65.5 Å². The van der Waals surface area contributed by atoms with Crippen molar-refractivity contribution < 1.29 is 9.59 Å². The summed E-state index contributed by atoms with van der Waals surface area (Å²) < 4.78 is 0. The van der Waals surface area contributed by atoms with Crippen LogP contribution in [0.15, 0.2) is 24.5 Å². The lowest BCUT2D eigenvalue weighted by atomic mass is 10.0. The molecule has 3 aliphatic rings. The number of anilines is 1. The van der Waals surface area contributed by atoms with Crippen molar-refractivity contribution in [3.05, 3.63) is 24.5 Å². The number of rotatable bonds is 2. The van der Waals surface area contributed by atoms with Crippen molar-refractivity contribution in [2.45, 2.75) is 38.1 Å². The number of carbonyl (C=O) groups excluding carboxylic acids is 2. The Balaban J connectivity index is 1.39. The molecule has 128 valence electrons. The number of fused-ring (bicyclic) bond motifs is 1. The Morgan fingerprint density at radius 1 is 1.17 bits per heavy atom. The van der Waals surface area contributed by atoms with Gasteiger partial charge in [-0.1, -0.05) is 6.42 Å². The maximum Gasteiger partial charge on any atom is 0.318 e. The van der Waals surface area contributed by atoms with Crippen molar-refractivity contribution in [3.63, 3.8) is 0 Å². The molecule has 3 fully saturated rings. The molecule has 1 aliphatic carbocycles. The number of hydrogen-bond donors (Lipinski definition) is 1. The molecule has 2 saturated heterocycles. The van der Waals surface area contributed by atoms with Crippen LogP contribution in [-0.2, 0) is 4.79 Å². The molecule has 3 amide bonds. The first-order valence-electron chi connectivity index (χ1n) is 8.99. The number of carbonyl (C=O) groups is 2. The molecule has 3 atom stereocenters. The van der Waals surface area contributed by atoms with Gasteiger partial charge in [-0.2, -0.15) is 0 Å². The zero-order valence-corrected chi connectivity index (χ0v) is 13.9. The average molecular weight is 328 g/mol. The van der Waals surface area contributed by atoms with Crippen molar-refractivity contribution in [2.24, 2.45) is 11.8 Å². The second-order valence-corrected chi connectivity index (χ2v) is 7.20. The number of aromatic nitrogens is 1. The van der Waals surface area contributed by atoms with Gasteiger partial charge < -0.3 is 15.1 Å². The first-order valence-corrected chi connectivity index (χ1v) is 8.99. The van der Waals surface area contributed by atoms with E-state index in [9.17, 15) is 9.59 Å². The third-order valence-electron chi connectivity index (χ3n) is 5.71. The number of likely N-dealkylation sites (tertiary alicyclic amines) is 1. The summed E-state index contributed by atoms with van der Waals surface area (Å²) in [4.78, 5) is 33.0. The van der Waals surface area contributed by atoms with Crippen LogP contribution in [-0.4, -0.2) is 47.5 Å². The van der Waals surface area contributed by atoms with Crippen LogP contribution in [0.25, 0.3) is 0 Å². The van der Waals surface area contributed by atoms with Crippen LogP contribution in [0.4, 0.5) is 10.5 Å². The lowest BCUT2D eigenvalue weighted by molar-refractivity contribution is -0.121. The zero-order chi connectivity index (χ0) is 16.5. The fourth-order valence-corrected chi connectivity index (χ4v) is 4.42. The summed E-state index contributed by atoms with van der Waals surface area (Å²) in [6.45, 7) is 2.39. The molecule has 0 bridgehead atoms. The molecule has 0 radical (unpaired) electrons. The lowest BCUT2D eigenvalue weighted by Gasteiger charge is -2.33. The second kappa shape index (κ2) is 6.42. The summed E-state index contributed by atoms with van der Waals surface area (Å²) in [6.07, 6.45) is 8.77. The minimum Gasteiger partial charge on any atom is -0.326 e. The van der Waals surface area contributed by atoms with Gasteiger partial charge in [0, 0.05) is 25.8 Å². The molecular weight excluding hydrogens is 304 g/mol. The Morgan fingerprint density at radius 2 is 1.96 bits per heavy atom. The Labute approximate surface area is 142 Å². The van der Waals surface area contributed by atoms with E-state index in [1.165, 1.54) is 19.3 Å². The van der Waals surface area contributed by atoms with E-state index in [-0.39, 0.29) is 11.9 Å². The number of hydrogen-bond acceptors (Lipinski definition) is 3. The predicted molar refractivity (Wildman–Crippen MR) is 90.5 cm³/mol. The van der Waals surface area contributed by atoms with Gasteiger partial charge in [0.05, 0.1) is 11.9 Å². The third kappa shape index (κ3) is 2.85. The highest BCUT2D eigenvalue weighted by atomic mass is 16.2. The zero-order valence-electron chi connectivity index (χ0n) is 13.9. The Hall–Kier alpha value is -2.11. The highest BCUT2D eigenvalue weighted by molar-refractivity contribution is 5.99. The summed E-state index contributed by atoms with van der Waals surface area (Å²) in [6, 6.07) is 3.22. The minimum absolute atomic E-state index is 0.0259. The van der Waals surface area contributed by atoms with Gasteiger partial charge in [-0.3, -0.25) is 9.78 Å². The molecule has 4 rings (SSSR count). The molecular formula is C18H24N4O2. The van der Waals surface area contributed by atoms with Gasteiger partial charge in [-0.05, 0) is 49.7 Å². The monoisotopic (exact) mass is 328 g/mol. The first kappa shape index (κ1) is 15.4. The normalized spacial score (nSPS) is 29.7. The van der Waals surface area contributed by atoms with Crippen molar-refractivity contribution in [1.29, 1.82) is 0 Å². The molecule has 0 spiro atoms. The summed E-state index contributed by atoms with van der Waals surface area (Å²) >= 11 is 0. The second-order valence-electron chi connectivity index (χ2n) is 7.20. The molecule has 1 aromatic heterocycles. The molecule has 6 heteroatoms. The minimum atomic E-state index is -0.424. The Morgan fingerprint density at radius 3 is 2.67 bits per heavy atom. The highest BCUT2D eigenvalue weighted by Gasteiger charge is 2.39. The van der Waals surface area contributed by atoms with Crippen LogP contribution in [0.3, 0.4) is 0 Å². The molecule has 6 nitrogen and oxygen atoms in total.